The number of ether oxygens (including phenoxy) is 3. The predicted molar refractivity (Wildman–Crippen MR) is 65.3 cm³/mol. The van der Waals surface area contributed by atoms with Crippen molar-refractivity contribution in [2.45, 2.75) is 26.1 Å². The average molecular weight is 240 g/mol. The molecule has 0 aliphatic carbocycles. The van der Waals surface area contributed by atoms with Crippen molar-refractivity contribution < 1.29 is 14.2 Å². The molecule has 96 valence electrons. The van der Waals surface area contributed by atoms with Crippen LogP contribution < -0.4 is 15.2 Å². The monoisotopic (exact) mass is 240 g/mol. The van der Waals surface area contributed by atoms with Crippen LogP contribution in [0, 0.1) is 0 Å². The molecule has 0 aliphatic rings. The maximum Gasteiger partial charge on any atom is 0.184 e. The molecule has 0 aromatic carbocycles. The first-order chi connectivity index (χ1) is 8.04. The second-order valence-electron chi connectivity index (χ2n) is 4.25. The molecule has 0 aliphatic heterocycles. The molecule has 1 rings (SSSR count). The van der Waals surface area contributed by atoms with E-state index in [9.17, 15) is 0 Å². The van der Waals surface area contributed by atoms with Crippen molar-refractivity contribution in [1.29, 1.82) is 0 Å². The summed E-state index contributed by atoms with van der Waals surface area (Å²) in [6.07, 6.45) is 1.66. The largest absolute Gasteiger partial charge is 0.493 e. The molecule has 1 aromatic heterocycles. The van der Waals surface area contributed by atoms with Gasteiger partial charge in [0.2, 0.25) is 0 Å². The molecule has 2 N–H and O–H groups in total. The van der Waals surface area contributed by atoms with Gasteiger partial charge >= 0.3 is 0 Å². The van der Waals surface area contributed by atoms with E-state index in [4.69, 9.17) is 19.9 Å². The second kappa shape index (κ2) is 5.84. The zero-order chi connectivity index (χ0) is 12.9. The van der Waals surface area contributed by atoms with Crippen LogP contribution in [0.3, 0.4) is 0 Å². The molecule has 1 aromatic rings. The minimum absolute atomic E-state index is 0.338. The molecule has 0 bridgehead atoms. The molecule has 0 spiro atoms. The highest BCUT2D eigenvalue weighted by Crippen LogP contribution is 2.30. The Balaban J connectivity index is 2.84. The first-order valence-corrected chi connectivity index (χ1v) is 5.44. The van der Waals surface area contributed by atoms with Crippen LogP contribution in [0.5, 0.6) is 11.5 Å². The SMILES string of the molecule is COc1ccnc(COC(C)(C)CN)c1OC. The topological polar surface area (TPSA) is 66.6 Å². The van der Waals surface area contributed by atoms with Gasteiger partial charge in [0.1, 0.15) is 5.69 Å². The summed E-state index contributed by atoms with van der Waals surface area (Å²) in [5.74, 6) is 1.24. The van der Waals surface area contributed by atoms with Crippen molar-refractivity contribution >= 4 is 0 Å². The number of nitrogens with zero attached hydrogens (tertiary/aromatic N) is 1. The van der Waals surface area contributed by atoms with Crippen LogP contribution in [0.25, 0.3) is 0 Å². The third kappa shape index (κ3) is 3.57. The van der Waals surface area contributed by atoms with Crippen LogP contribution in [-0.4, -0.2) is 31.3 Å². The average Bonchev–Trinajstić information content (AvgIpc) is 2.35. The first kappa shape index (κ1) is 13.7. The van der Waals surface area contributed by atoms with Gasteiger partial charge in [0, 0.05) is 18.8 Å². The van der Waals surface area contributed by atoms with Crippen LogP contribution in [0.2, 0.25) is 0 Å². The van der Waals surface area contributed by atoms with Gasteiger partial charge in [-0.25, -0.2) is 0 Å². The third-order valence-corrected chi connectivity index (χ3v) is 2.46. The molecular weight excluding hydrogens is 220 g/mol. The quantitative estimate of drug-likeness (QED) is 0.813. The van der Waals surface area contributed by atoms with E-state index in [0.29, 0.717) is 30.3 Å². The number of methoxy groups -OCH3 is 2. The fourth-order valence-corrected chi connectivity index (χ4v) is 1.28. The number of nitrogens with two attached hydrogens (primary N) is 1. The van der Waals surface area contributed by atoms with Gasteiger partial charge in [-0.05, 0) is 13.8 Å². The molecule has 0 amide bonds. The van der Waals surface area contributed by atoms with E-state index >= 15 is 0 Å². The number of hydrogen-bond donors (Lipinski definition) is 1. The Morgan fingerprint density at radius 2 is 2.00 bits per heavy atom. The summed E-state index contributed by atoms with van der Waals surface area (Å²) < 4.78 is 16.1. The molecule has 0 unspecified atom stereocenters. The van der Waals surface area contributed by atoms with Crippen LogP contribution in [0.4, 0.5) is 0 Å². The highest BCUT2D eigenvalue weighted by atomic mass is 16.5. The molecule has 0 atom stereocenters. The van der Waals surface area contributed by atoms with E-state index < -0.39 is 0 Å². The first-order valence-electron chi connectivity index (χ1n) is 5.44. The summed E-state index contributed by atoms with van der Waals surface area (Å²) in [6, 6.07) is 1.75. The minimum Gasteiger partial charge on any atom is -0.493 e. The van der Waals surface area contributed by atoms with Crippen molar-refractivity contribution in [2.24, 2.45) is 5.73 Å². The van der Waals surface area contributed by atoms with Gasteiger partial charge in [-0.1, -0.05) is 0 Å². The Labute approximate surface area is 102 Å². The van der Waals surface area contributed by atoms with E-state index in [0.717, 1.165) is 0 Å². The van der Waals surface area contributed by atoms with Crippen molar-refractivity contribution in [3.05, 3.63) is 18.0 Å². The summed E-state index contributed by atoms with van der Waals surface area (Å²) in [5, 5.41) is 0. The molecule has 17 heavy (non-hydrogen) atoms. The Hall–Kier alpha value is -1.33. The zero-order valence-electron chi connectivity index (χ0n) is 10.8. The van der Waals surface area contributed by atoms with E-state index in [2.05, 4.69) is 4.98 Å². The molecule has 5 heteroatoms. The van der Waals surface area contributed by atoms with Gasteiger partial charge in [-0.2, -0.15) is 0 Å². The number of rotatable bonds is 6. The molecule has 0 saturated heterocycles. The summed E-state index contributed by atoms with van der Waals surface area (Å²) >= 11 is 0. The molecule has 1 heterocycles. The minimum atomic E-state index is -0.379. The summed E-state index contributed by atoms with van der Waals surface area (Å²) in [6.45, 7) is 4.64. The van der Waals surface area contributed by atoms with Crippen molar-refractivity contribution in [2.75, 3.05) is 20.8 Å². The van der Waals surface area contributed by atoms with Gasteiger partial charge in [-0.3, -0.25) is 4.98 Å². The van der Waals surface area contributed by atoms with E-state index in [-0.39, 0.29) is 5.60 Å². The van der Waals surface area contributed by atoms with Crippen LogP contribution in [0.15, 0.2) is 12.3 Å². The number of hydrogen-bond acceptors (Lipinski definition) is 5. The van der Waals surface area contributed by atoms with E-state index in [1.54, 1.807) is 26.5 Å². The summed E-state index contributed by atoms with van der Waals surface area (Å²) in [7, 11) is 3.17. The number of aromatic nitrogens is 1. The maximum absolute atomic E-state index is 5.68. The summed E-state index contributed by atoms with van der Waals surface area (Å²) in [4.78, 5) is 4.22. The van der Waals surface area contributed by atoms with Crippen molar-refractivity contribution in [3.63, 3.8) is 0 Å². The molecule has 0 saturated carbocycles. The van der Waals surface area contributed by atoms with Gasteiger partial charge in [0.15, 0.2) is 11.5 Å². The second-order valence-corrected chi connectivity index (χ2v) is 4.25. The lowest BCUT2D eigenvalue weighted by Gasteiger charge is -2.23. The Morgan fingerprint density at radius 3 is 2.53 bits per heavy atom. The third-order valence-electron chi connectivity index (χ3n) is 2.46. The Morgan fingerprint density at radius 1 is 1.29 bits per heavy atom. The fraction of sp³-hybridized carbons (Fsp3) is 0.583. The fourth-order valence-electron chi connectivity index (χ4n) is 1.28. The smallest absolute Gasteiger partial charge is 0.184 e. The standard InChI is InChI=1S/C12H20N2O3/c1-12(2,8-13)17-7-9-11(16-4)10(15-3)5-6-14-9/h5-6H,7-8,13H2,1-4H3. The van der Waals surface area contributed by atoms with Crippen LogP contribution in [0.1, 0.15) is 19.5 Å². The molecule has 0 fully saturated rings. The lowest BCUT2D eigenvalue weighted by atomic mass is 10.1. The lowest BCUT2D eigenvalue weighted by Crippen LogP contribution is -2.33. The van der Waals surface area contributed by atoms with Gasteiger partial charge in [0.25, 0.3) is 0 Å². The van der Waals surface area contributed by atoms with Gasteiger partial charge < -0.3 is 19.9 Å². The maximum atomic E-state index is 5.68. The van der Waals surface area contributed by atoms with E-state index in [1.807, 2.05) is 13.8 Å². The normalized spacial score (nSPS) is 11.4. The number of pyridine rings is 1. The van der Waals surface area contributed by atoms with Crippen LogP contribution in [-0.2, 0) is 11.3 Å². The molecule has 0 radical (unpaired) electrons. The van der Waals surface area contributed by atoms with E-state index in [1.165, 1.54) is 0 Å². The van der Waals surface area contributed by atoms with Gasteiger partial charge in [-0.15, -0.1) is 0 Å². The summed E-state index contributed by atoms with van der Waals surface area (Å²) in [5.41, 5.74) is 5.92. The molecule has 5 nitrogen and oxygen atoms in total. The molecular formula is C12H20N2O3. The zero-order valence-corrected chi connectivity index (χ0v) is 10.8. The predicted octanol–water partition coefficient (Wildman–Crippen LogP) is 1.35. The lowest BCUT2D eigenvalue weighted by molar-refractivity contribution is -0.0244. The van der Waals surface area contributed by atoms with Crippen molar-refractivity contribution in [3.8, 4) is 11.5 Å². The Bertz CT molecular complexity index is 367. The highest BCUT2D eigenvalue weighted by Gasteiger charge is 2.18. The van der Waals surface area contributed by atoms with Crippen LogP contribution >= 0.6 is 0 Å². The van der Waals surface area contributed by atoms with Crippen molar-refractivity contribution in [1.82, 2.24) is 4.98 Å². The highest BCUT2D eigenvalue weighted by molar-refractivity contribution is 5.42. The van der Waals surface area contributed by atoms with Gasteiger partial charge in [0.05, 0.1) is 26.4 Å². The Kier molecular flexibility index (Phi) is 4.72.